The summed E-state index contributed by atoms with van der Waals surface area (Å²) in [7, 11) is 0. The SMILES string of the molecule is N=C(c1ccc(-c2ccccc2[N+](=O)[O-])o1)n1cnnc1. The molecule has 0 unspecified atom stereocenters. The highest BCUT2D eigenvalue weighted by Crippen LogP contribution is 2.30. The number of nitrogens with zero attached hydrogens (tertiary/aromatic N) is 4. The van der Waals surface area contributed by atoms with Crippen LogP contribution in [-0.2, 0) is 0 Å². The number of furan rings is 1. The Balaban J connectivity index is 2.00. The van der Waals surface area contributed by atoms with Crippen LogP contribution >= 0.6 is 0 Å². The highest BCUT2D eigenvalue weighted by Gasteiger charge is 2.18. The molecule has 0 radical (unpaired) electrons. The summed E-state index contributed by atoms with van der Waals surface area (Å²) in [5.41, 5.74) is 0.319. The van der Waals surface area contributed by atoms with E-state index in [2.05, 4.69) is 10.2 Å². The van der Waals surface area contributed by atoms with E-state index in [4.69, 9.17) is 9.83 Å². The van der Waals surface area contributed by atoms with E-state index in [-0.39, 0.29) is 17.3 Å². The Hall–Kier alpha value is -3.29. The van der Waals surface area contributed by atoms with E-state index < -0.39 is 4.92 Å². The number of nitro benzene ring substituents is 1. The molecule has 104 valence electrons. The number of nitrogens with one attached hydrogen (secondary N) is 1. The van der Waals surface area contributed by atoms with E-state index in [1.54, 1.807) is 30.3 Å². The summed E-state index contributed by atoms with van der Waals surface area (Å²) in [5.74, 6) is 0.642. The Labute approximate surface area is 118 Å². The summed E-state index contributed by atoms with van der Waals surface area (Å²) in [5, 5.41) is 26.2. The quantitative estimate of drug-likeness (QED) is 0.343. The number of hydrogen-bond acceptors (Lipinski definition) is 6. The molecule has 8 nitrogen and oxygen atoms in total. The summed E-state index contributed by atoms with van der Waals surface area (Å²) < 4.78 is 6.92. The second kappa shape index (κ2) is 5.00. The van der Waals surface area contributed by atoms with Crippen LogP contribution in [0.15, 0.2) is 53.5 Å². The van der Waals surface area contributed by atoms with Gasteiger partial charge in [-0.2, -0.15) is 0 Å². The van der Waals surface area contributed by atoms with E-state index in [1.807, 2.05) is 0 Å². The average Bonchev–Trinajstić information content (AvgIpc) is 3.18. The van der Waals surface area contributed by atoms with Crippen LogP contribution in [0.5, 0.6) is 0 Å². The number of hydrogen-bond donors (Lipinski definition) is 1. The minimum Gasteiger partial charge on any atom is -0.453 e. The van der Waals surface area contributed by atoms with Gasteiger partial charge in [0.2, 0.25) is 0 Å². The van der Waals surface area contributed by atoms with Crippen molar-refractivity contribution in [2.75, 3.05) is 0 Å². The van der Waals surface area contributed by atoms with Gasteiger partial charge >= 0.3 is 0 Å². The van der Waals surface area contributed by atoms with Gasteiger partial charge in [0.15, 0.2) is 11.6 Å². The van der Waals surface area contributed by atoms with Gasteiger partial charge in [-0.3, -0.25) is 20.1 Å². The van der Waals surface area contributed by atoms with E-state index >= 15 is 0 Å². The van der Waals surface area contributed by atoms with Gasteiger partial charge in [0.25, 0.3) is 5.69 Å². The third-order valence-electron chi connectivity index (χ3n) is 2.88. The summed E-state index contributed by atoms with van der Waals surface area (Å²) in [6.45, 7) is 0. The van der Waals surface area contributed by atoms with Gasteiger partial charge in [0, 0.05) is 6.07 Å². The van der Waals surface area contributed by atoms with Gasteiger partial charge in [-0.05, 0) is 18.2 Å². The van der Waals surface area contributed by atoms with Crippen LogP contribution in [0.4, 0.5) is 5.69 Å². The Kier molecular flexibility index (Phi) is 3.03. The zero-order valence-corrected chi connectivity index (χ0v) is 10.6. The van der Waals surface area contributed by atoms with Gasteiger partial charge in [-0.15, -0.1) is 10.2 Å². The topological polar surface area (TPSA) is 111 Å². The highest BCUT2D eigenvalue weighted by atomic mass is 16.6. The van der Waals surface area contributed by atoms with Crippen LogP contribution in [0.25, 0.3) is 11.3 Å². The van der Waals surface area contributed by atoms with Crippen molar-refractivity contribution < 1.29 is 9.34 Å². The molecule has 2 heterocycles. The Morgan fingerprint density at radius 3 is 2.62 bits per heavy atom. The van der Waals surface area contributed by atoms with Crippen molar-refractivity contribution in [2.45, 2.75) is 0 Å². The lowest BCUT2D eigenvalue weighted by molar-refractivity contribution is -0.384. The molecule has 3 aromatic rings. The molecule has 1 aromatic carbocycles. The zero-order chi connectivity index (χ0) is 14.8. The first-order valence-electron chi connectivity index (χ1n) is 5.94. The van der Waals surface area contributed by atoms with Gasteiger partial charge in [0.1, 0.15) is 18.4 Å². The molecule has 0 aliphatic rings. The molecule has 8 heteroatoms. The van der Waals surface area contributed by atoms with Crippen molar-refractivity contribution in [1.82, 2.24) is 14.8 Å². The molecule has 0 aliphatic heterocycles. The van der Waals surface area contributed by atoms with E-state index in [0.29, 0.717) is 11.3 Å². The normalized spacial score (nSPS) is 10.5. The molecule has 3 rings (SSSR count). The van der Waals surface area contributed by atoms with Crippen molar-refractivity contribution in [3.8, 4) is 11.3 Å². The van der Waals surface area contributed by atoms with Crippen molar-refractivity contribution in [1.29, 1.82) is 5.41 Å². The lowest BCUT2D eigenvalue weighted by Gasteiger charge is -2.01. The second-order valence-electron chi connectivity index (χ2n) is 4.16. The maximum Gasteiger partial charge on any atom is 0.280 e. The molecule has 0 spiro atoms. The Bertz CT molecular complexity index is 807. The maximum atomic E-state index is 11.0. The van der Waals surface area contributed by atoms with E-state index in [0.717, 1.165) is 0 Å². The molecule has 1 N–H and O–H groups in total. The number of para-hydroxylation sites is 1. The number of rotatable bonds is 3. The van der Waals surface area contributed by atoms with Crippen LogP contribution in [-0.4, -0.2) is 25.5 Å². The number of nitro groups is 1. The minimum atomic E-state index is -0.470. The van der Waals surface area contributed by atoms with Crippen molar-refractivity contribution in [2.24, 2.45) is 0 Å². The molecule has 0 aliphatic carbocycles. The van der Waals surface area contributed by atoms with Gasteiger partial charge in [-0.25, -0.2) is 0 Å². The molecule has 2 aromatic heterocycles. The van der Waals surface area contributed by atoms with Crippen LogP contribution in [0.3, 0.4) is 0 Å². The maximum absolute atomic E-state index is 11.0. The first kappa shape index (κ1) is 12.7. The fourth-order valence-electron chi connectivity index (χ4n) is 1.89. The molecule has 0 saturated carbocycles. The first-order chi connectivity index (χ1) is 10.2. The first-order valence-corrected chi connectivity index (χ1v) is 5.94. The number of aromatic nitrogens is 3. The summed E-state index contributed by atoms with van der Waals surface area (Å²) >= 11 is 0. The molecule has 21 heavy (non-hydrogen) atoms. The predicted octanol–water partition coefficient (Wildman–Crippen LogP) is 2.32. The minimum absolute atomic E-state index is 0.0461. The van der Waals surface area contributed by atoms with Crippen LogP contribution in [0.2, 0.25) is 0 Å². The molecule has 0 atom stereocenters. The smallest absolute Gasteiger partial charge is 0.280 e. The van der Waals surface area contributed by atoms with Crippen molar-refractivity contribution in [3.63, 3.8) is 0 Å². The molecular weight excluding hydrogens is 274 g/mol. The monoisotopic (exact) mass is 283 g/mol. The average molecular weight is 283 g/mol. The lowest BCUT2D eigenvalue weighted by atomic mass is 10.1. The van der Waals surface area contributed by atoms with Crippen LogP contribution < -0.4 is 0 Å². The second-order valence-corrected chi connectivity index (χ2v) is 4.16. The van der Waals surface area contributed by atoms with Gasteiger partial charge in [0.05, 0.1) is 10.5 Å². The fraction of sp³-hybridized carbons (Fsp3) is 0. The molecule has 0 amide bonds. The predicted molar refractivity (Wildman–Crippen MR) is 73.0 cm³/mol. The van der Waals surface area contributed by atoms with Crippen LogP contribution in [0, 0.1) is 15.5 Å². The lowest BCUT2D eigenvalue weighted by Crippen LogP contribution is -2.08. The summed E-state index contributed by atoms with van der Waals surface area (Å²) in [4.78, 5) is 10.6. The van der Waals surface area contributed by atoms with E-state index in [1.165, 1.54) is 23.3 Å². The summed E-state index contributed by atoms with van der Waals surface area (Å²) in [6.07, 6.45) is 2.74. The Morgan fingerprint density at radius 2 is 1.90 bits per heavy atom. The largest absolute Gasteiger partial charge is 0.453 e. The van der Waals surface area contributed by atoms with Crippen molar-refractivity contribution in [3.05, 3.63) is 64.9 Å². The molecular formula is C13H9N5O3. The van der Waals surface area contributed by atoms with Gasteiger partial charge in [-0.1, -0.05) is 12.1 Å². The van der Waals surface area contributed by atoms with Crippen molar-refractivity contribution >= 4 is 11.5 Å². The molecule has 0 saturated heterocycles. The van der Waals surface area contributed by atoms with Gasteiger partial charge < -0.3 is 4.42 Å². The third-order valence-corrected chi connectivity index (χ3v) is 2.88. The molecule has 0 fully saturated rings. The highest BCUT2D eigenvalue weighted by molar-refractivity contribution is 5.95. The Morgan fingerprint density at radius 1 is 1.19 bits per heavy atom. The van der Waals surface area contributed by atoms with Crippen LogP contribution in [0.1, 0.15) is 5.76 Å². The summed E-state index contributed by atoms with van der Waals surface area (Å²) in [6, 6.07) is 9.46. The van der Waals surface area contributed by atoms with E-state index in [9.17, 15) is 10.1 Å². The third kappa shape index (κ3) is 2.29. The number of benzene rings is 1. The standard InChI is InChI=1S/C13H9N5O3/c14-13(17-7-15-16-8-17)12-6-5-11(21-12)9-3-1-2-4-10(9)18(19)20/h1-8,14H. The fourth-order valence-corrected chi connectivity index (χ4v) is 1.89. The molecule has 0 bridgehead atoms. The zero-order valence-electron chi connectivity index (χ0n) is 10.6.